The molecule has 0 spiro atoms. The molecular weight excluding hydrogens is 149 g/mol. The Balaban J connectivity index is 2.51. The standard InChI is InChI=1S/C7H14FNO2/c1-4(8)5-2-9-3-6(10)7(5)11/h4-7,9-11H,2-3H2,1H3/t4-,5-,6+,7+/m0/s1. The maximum absolute atomic E-state index is 12.7. The summed E-state index contributed by atoms with van der Waals surface area (Å²) in [6.45, 7) is 2.19. The van der Waals surface area contributed by atoms with Crippen molar-refractivity contribution in [3.8, 4) is 0 Å². The van der Waals surface area contributed by atoms with Crippen molar-refractivity contribution in [1.29, 1.82) is 0 Å². The monoisotopic (exact) mass is 163 g/mol. The maximum Gasteiger partial charge on any atom is 0.104 e. The highest BCUT2D eigenvalue weighted by atomic mass is 19.1. The first kappa shape index (κ1) is 8.90. The molecule has 0 aromatic carbocycles. The molecule has 4 atom stereocenters. The van der Waals surface area contributed by atoms with Gasteiger partial charge in [0.1, 0.15) is 6.17 Å². The van der Waals surface area contributed by atoms with Crippen molar-refractivity contribution in [2.75, 3.05) is 13.1 Å². The lowest BCUT2D eigenvalue weighted by molar-refractivity contribution is -0.0543. The van der Waals surface area contributed by atoms with Crippen LogP contribution in [0.1, 0.15) is 6.92 Å². The minimum atomic E-state index is -1.08. The van der Waals surface area contributed by atoms with E-state index >= 15 is 0 Å². The van der Waals surface area contributed by atoms with Gasteiger partial charge in [-0.2, -0.15) is 0 Å². The smallest absolute Gasteiger partial charge is 0.104 e. The third kappa shape index (κ3) is 1.89. The molecule has 0 unspecified atom stereocenters. The number of hydrogen-bond donors (Lipinski definition) is 3. The topological polar surface area (TPSA) is 52.5 Å². The summed E-state index contributed by atoms with van der Waals surface area (Å²) in [5, 5.41) is 21.2. The number of aliphatic hydroxyl groups excluding tert-OH is 2. The Hall–Kier alpha value is -0.190. The van der Waals surface area contributed by atoms with Gasteiger partial charge in [-0.05, 0) is 6.92 Å². The van der Waals surface area contributed by atoms with Gasteiger partial charge in [-0.25, -0.2) is 4.39 Å². The van der Waals surface area contributed by atoms with Crippen LogP contribution in [0.2, 0.25) is 0 Å². The minimum Gasteiger partial charge on any atom is -0.390 e. The lowest BCUT2D eigenvalue weighted by Crippen LogP contribution is -2.52. The van der Waals surface area contributed by atoms with Gasteiger partial charge in [0.25, 0.3) is 0 Å². The Morgan fingerprint density at radius 1 is 1.45 bits per heavy atom. The van der Waals surface area contributed by atoms with Gasteiger partial charge < -0.3 is 15.5 Å². The molecule has 1 aliphatic heterocycles. The van der Waals surface area contributed by atoms with Gasteiger partial charge in [0.05, 0.1) is 12.2 Å². The van der Waals surface area contributed by atoms with E-state index in [1.54, 1.807) is 0 Å². The molecule has 0 radical (unpaired) electrons. The number of halogens is 1. The Labute approximate surface area is 65.2 Å². The molecule has 1 heterocycles. The lowest BCUT2D eigenvalue weighted by Gasteiger charge is -2.33. The van der Waals surface area contributed by atoms with Crippen LogP contribution in [-0.4, -0.2) is 41.7 Å². The minimum absolute atomic E-state index is 0.352. The van der Waals surface area contributed by atoms with Crippen LogP contribution in [0.5, 0.6) is 0 Å². The summed E-state index contributed by atoms with van der Waals surface area (Å²) >= 11 is 0. The van der Waals surface area contributed by atoms with Gasteiger partial charge in [0.2, 0.25) is 0 Å². The summed E-state index contributed by atoms with van der Waals surface area (Å²) in [6.07, 6.45) is -2.82. The molecule has 1 rings (SSSR count). The number of alkyl halides is 1. The molecule has 0 aromatic rings. The van der Waals surface area contributed by atoms with Crippen LogP contribution >= 0.6 is 0 Å². The zero-order valence-corrected chi connectivity index (χ0v) is 6.50. The molecule has 3 nitrogen and oxygen atoms in total. The quantitative estimate of drug-likeness (QED) is 0.478. The molecule has 0 aliphatic carbocycles. The van der Waals surface area contributed by atoms with E-state index in [4.69, 9.17) is 5.11 Å². The van der Waals surface area contributed by atoms with Gasteiger partial charge in [-0.3, -0.25) is 0 Å². The summed E-state index contributed by atoms with van der Waals surface area (Å²) < 4.78 is 12.7. The fraction of sp³-hybridized carbons (Fsp3) is 1.00. The first-order valence-electron chi connectivity index (χ1n) is 3.84. The number of nitrogens with one attached hydrogen (secondary N) is 1. The van der Waals surface area contributed by atoms with E-state index in [-0.39, 0.29) is 0 Å². The summed E-state index contributed by atoms with van der Waals surface area (Å²) in [5.74, 6) is -0.473. The molecule has 0 aromatic heterocycles. The molecule has 1 fully saturated rings. The van der Waals surface area contributed by atoms with E-state index in [1.807, 2.05) is 0 Å². The first-order valence-corrected chi connectivity index (χ1v) is 3.84. The van der Waals surface area contributed by atoms with E-state index in [0.717, 1.165) is 0 Å². The Morgan fingerprint density at radius 2 is 2.09 bits per heavy atom. The fourth-order valence-corrected chi connectivity index (χ4v) is 1.36. The predicted octanol–water partition coefficient (Wildman–Crippen LogP) is -0.714. The van der Waals surface area contributed by atoms with Crippen molar-refractivity contribution in [3.63, 3.8) is 0 Å². The summed E-state index contributed by atoms with van der Waals surface area (Å²) in [6, 6.07) is 0. The van der Waals surface area contributed by atoms with Gasteiger partial charge in [0.15, 0.2) is 0 Å². The molecule has 11 heavy (non-hydrogen) atoms. The number of aliphatic hydroxyl groups is 2. The molecule has 4 heteroatoms. The van der Waals surface area contributed by atoms with Crippen molar-refractivity contribution in [1.82, 2.24) is 5.32 Å². The molecule has 0 saturated carbocycles. The molecular formula is C7H14FNO2. The number of rotatable bonds is 1. The van der Waals surface area contributed by atoms with Crippen LogP contribution in [0.25, 0.3) is 0 Å². The largest absolute Gasteiger partial charge is 0.390 e. The zero-order valence-electron chi connectivity index (χ0n) is 6.50. The van der Waals surface area contributed by atoms with Crippen molar-refractivity contribution in [2.45, 2.75) is 25.3 Å². The second kappa shape index (κ2) is 3.47. The third-order valence-corrected chi connectivity index (χ3v) is 2.16. The highest BCUT2D eigenvalue weighted by Gasteiger charge is 2.33. The van der Waals surface area contributed by atoms with E-state index < -0.39 is 24.3 Å². The number of hydrogen-bond acceptors (Lipinski definition) is 3. The van der Waals surface area contributed by atoms with E-state index in [2.05, 4.69) is 5.32 Å². The summed E-state index contributed by atoms with van der Waals surface area (Å²) in [7, 11) is 0. The van der Waals surface area contributed by atoms with E-state index in [0.29, 0.717) is 13.1 Å². The average molecular weight is 163 g/mol. The zero-order chi connectivity index (χ0) is 8.43. The molecule has 0 amide bonds. The van der Waals surface area contributed by atoms with Crippen LogP contribution < -0.4 is 5.32 Å². The number of piperidine rings is 1. The van der Waals surface area contributed by atoms with Gasteiger partial charge in [-0.1, -0.05) is 0 Å². The molecule has 0 bridgehead atoms. The highest BCUT2D eigenvalue weighted by molar-refractivity contribution is 4.86. The molecule has 1 aliphatic rings. The van der Waals surface area contributed by atoms with E-state index in [9.17, 15) is 9.50 Å². The second-order valence-corrected chi connectivity index (χ2v) is 3.06. The predicted molar refractivity (Wildman–Crippen MR) is 38.9 cm³/mol. The molecule has 66 valence electrons. The maximum atomic E-state index is 12.7. The van der Waals surface area contributed by atoms with Gasteiger partial charge >= 0.3 is 0 Å². The highest BCUT2D eigenvalue weighted by Crippen LogP contribution is 2.17. The Kier molecular flexibility index (Phi) is 2.81. The Morgan fingerprint density at radius 3 is 2.55 bits per heavy atom. The molecule has 3 N–H and O–H groups in total. The van der Waals surface area contributed by atoms with Crippen LogP contribution in [0, 0.1) is 5.92 Å². The van der Waals surface area contributed by atoms with Crippen molar-refractivity contribution in [2.24, 2.45) is 5.92 Å². The van der Waals surface area contributed by atoms with Crippen LogP contribution in [-0.2, 0) is 0 Å². The second-order valence-electron chi connectivity index (χ2n) is 3.06. The SMILES string of the molecule is C[C@H](F)[C@@H]1CNC[C@@H](O)[C@@H]1O. The van der Waals surface area contributed by atoms with E-state index in [1.165, 1.54) is 6.92 Å². The van der Waals surface area contributed by atoms with Crippen LogP contribution in [0.4, 0.5) is 4.39 Å². The van der Waals surface area contributed by atoms with Crippen molar-refractivity contribution in [3.05, 3.63) is 0 Å². The third-order valence-electron chi connectivity index (χ3n) is 2.16. The lowest BCUT2D eigenvalue weighted by atomic mass is 9.91. The van der Waals surface area contributed by atoms with Crippen molar-refractivity contribution < 1.29 is 14.6 Å². The van der Waals surface area contributed by atoms with Crippen molar-refractivity contribution >= 4 is 0 Å². The molecule has 1 saturated heterocycles. The Bertz CT molecular complexity index is 132. The normalized spacial score (nSPS) is 42.0. The van der Waals surface area contributed by atoms with Crippen LogP contribution in [0.3, 0.4) is 0 Å². The summed E-state index contributed by atoms with van der Waals surface area (Å²) in [5.41, 5.74) is 0. The average Bonchev–Trinajstić information content (AvgIpc) is 1.94. The van der Waals surface area contributed by atoms with Gasteiger partial charge in [-0.15, -0.1) is 0 Å². The number of β-amino-alcohol motifs (C(OH)–C–C–N with tert-alkyl or cyclic N) is 1. The van der Waals surface area contributed by atoms with Crippen LogP contribution in [0.15, 0.2) is 0 Å². The first-order chi connectivity index (χ1) is 5.13. The van der Waals surface area contributed by atoms with Gasteiger partial charge in [0, 0.05) is 19.0 Å². The fourth-order valence-electron chi connectivity index (χ4n) is 1.36. The summed E-state index contributed by atoms with van der Waals surface area (Å²) in [4.78, 5) is 0.